The lowest BCUT2D eigenvalue weighted by Crippen LogP contribution is -2.45. The Hall–Kier alpha value is -0.370. The van der Waals surface area contributed by atoms with Crippen LogP contribution in [-0.2, 0) is 4.79 Å². The van der Waals surface area contributed by atoms with Crippen molar-refractivity contribution in [3.8, 4) is 0 Å². The highest BCUT2D eigenvalue weighted by atomic mass is 16.1. The van der Waals surface area contributed by atoms with Crippen molar-refractivity contribution in [1.29, 1.82) is 0 Å². The van der Waals surface area contributed by atoms with Gasteiger partial charge in [0, 0.05) is 12.5 Å². The molecule has 0 saturated heterocycles. The second-order valence-electron chi connectivity index (χ2n) is 4.83. The molecule has 2 nitrogen and oxygen atoms in total. The Morgan fingerprint density at radius 3 is 2.36 bits per heavy atom. The predicted molar refractivity (Wildman–Crippen MR) is 57.3 cm³/mol. The van der Waals surface area contributed by atoms with Gasteiger partial charge in [-0.15, -0.1) is 0 Å². The van der Waals surface area contributed by atoms with Gasteiger partial charge >= 0.3 is 0 Å². The van der Waals surface area contributed by atoms with Crippen molar-refractivity contribution in [2.45, 2.75) is 63.5 Å². The topological polar surface area (TPSA) is 20.3 Å². The van der Waals surface area contributed by atoms with E-state index in [0.717, 1.165) is 19.3 Å². The molecule has 0 aromatic heterocycles. The number of carbonyl (C=O) groups excluding carboxylic acids is 1. The monoisotopic (exact) mass is 195 g/mol. The minimum absolute atomic E-state index is 0.256. The van der Waals surface area contributed by atoms with Crippen LogP contribution >= 0.6 is 0 Å². The first-order valence-corrected chi connectivity index (χ1v) is 6.03. The third kappa shape index (κ3) is 2.00. The highest BCUT2D eigenvalue weighted by Crippen LogP contribution is 2.27. The van der Waals surface area contributed by atoms with Crippen LogP contribution < -0.4 is 0 Å². The first-order valence-electron chi connectivity index (χ1n) is 6.03. The molecular weight excluding hydrogens is 174 g/mol. The van der Waals surface area contributed by atoms with Gasteiger partial charge in [-0.3, -0.25) is 9.69 Å². The lowest BCUT2D eigenvalue weighted by Gasteiger charge is -2.34. The summed E-state index contributed by atoms with van der Waals surface area (Å²) in [5, 5.41) is 0. The number of hydrogen-bond acceptors (Lipinski definition) is 2. The quantitative estimate of drug-likeness (QED) is 0.674. The Kier molecular flexibility index (Phi) is 3.22. The van der Waals surface area contributed by atoms with Crippen molar-refractivity contribution in [2.75, 3.05) is 7.05 Å². The number of hydrogen-bond donors (Lipinski definition) is 0. The molecule has 0 spiro atoms. The average Bonchev–Trinajstić information content (AvgIpc) is 2.70. The van der Waals surface area contributed by atoms with Gasteiger partial charge in [0.1, 0.15) is 5.78 Å². The summed E-state index contributed by atoms with van der Waals surface area (Å²) in [6, 6.07) is 0.953. The molecule has 0 radical (unpaired) electrons. The van der Waals surface area contributed by atoms with Crippen molar-refractivity contribution >= 4 is 5.78 Å². The lowest BCUT2D eigenvalue weighted by molar-refractivity contribution is -0.126. The van der Waals surface area contributed by atoms with E-state index in [1.807, 2.05) is 0 Å². The number of rotatable bonds is 2. The molecule has 2 aliphatic carbocycles. The van der Waals surface area contributed by atoms with Gasteiger partial charge in [0.2, 0.25) is 0 Å². The van der Waals surface area contributed by atoms with Crippen LogP contribution in [-0.4, -0.2) is 29.8 Å². The molecule has 0 aromatic carbocycles. The highest BCUT2D eigenvalue weighted by molar-refractivity contribution is 5.84. The average molecular weight is 195 g/mol. The van der Waals surface area contributed by atoms with Gasteiger partial charge in [-0.25, -0.2) is 0 Å². The van der Waals surface area contributed by atoms with Gasteiger partial charge in [0.25, 0.3) is 0 Å². The molecule has 0 aromatic rings. The Balaban J connectivity index is 1.94. The molecule has 2 fully saturated rings. The molecule has 0 bridgehead atoms. The summed E-state index contributed by atoms with van der Waals surface area (Å²) in [7, 11) is 2.16. The number of carbonyl (C=O) groups is 1. The van der Waals surface area contributed by atoms with Crippen molar-refractivity contribution in [3.63, 3.8) is 0 Å². The molecular formula is C12H21NO. The van der Waals surface area contributed by atoms with E-state index in [-0.39, 0.29) is 6.04 Å². The van der Waals surface area contributed by atoms with E-state index in [1.54, 1.807) is 0 Å². The standard InChI is InChI=1S/C12H21NO/c1-13(10-6-2-3-7-10)11-8-4-5-9-12(11)14/h10-11H,2-9H2,1H3. The molecule has 14 heavy (non-hydrogen) atoms. The fourth-order valence-electron chi connectivity index (χ4n) is 2.96. The van der Waals surface area contributed by atoms with Crippen molar-refractivity contribution in [1.82, 2.24) is 4.90 Å². The first-order chi connectivity index (χ1) is 6.79. The first kappa shape index (κ1) is 10.2. The van der Waals surface area contributed by atoms with Crippen LogP contribution in [0.2, 0.25) is 0 Å². The number of likely N-dealkylation sites (N-methyl/N-ethyl adjacent to an activating group) is 1. The van der Waals surface area contributed by atoms with E-state index >= 15 is 0 Å². The maximum Gasteiger partial charge on any atom is 0.149 e. The molecule has 2 aliphatic rings. The molecule has 0 amide bonds. The summed E-state index contributed by atoms with van der Waals surface area (Å²) >= 11 is 0. The molecule has 2 rings (SSSR count). The third-order valence-electron chi connectivity index (χ3n) is 3.91. The SMILES string of the molecule is CN(C1CCCC1)C1CCCCC1=O. The highest BCUT2D eigenvalue weighted by Gasteiger charge is 2.31. The minimum Gasteiger partial charge on any atom is -0.298 e. The molecule has 2 heteroatoms. The summed E-state index contributed by atoms with van der Waals surface area (Å²) in [6.45, 7) is 0. The Morgan fingerprint density at radius 1 is 1.07 bits per heavy atom. The minimum atomic E-state index is 0.256. The fourth-order valence-corrected chi connectivity index (χ4v) is 2.96. The zero-order valence-corrected chi connectivity index (χ0v) is 9.17. The van der Waals surface area contributed by atoms with E-state index in [4.69, 9.17) is 0 Å². The number of nitrogens with zero attached hydrogens (tertiary/aromatic N) is 1. The fraction of sp³-hybridized carbons (Fsp3) is 0.917. The van der Waals surface area contributed by atoms with Crippen LogP contribution in [0.25, 0.3) is 0 Å². The van der Waals surface area contributed by atoms with Crippen LogP contribution in [0.15, 0.2) is 0 Å². The van der Waals surface area contributed by atoms with Crippen LogP contribution in [0.4, 0.5) is 0 Å². The van der Waals surface area contributed by atoms with Gasteiger partial charge in [-0.05, 0) is 32.7 Å². The maximum atomic E-state index is 11.8. The van der Waals surface area contributed by atoms with Gasteiger partial charge in [0.15, 0.2) is 0 Å². The zero-order chi connectivity index (χ0) is 9.97. The Bertz CT molecular complexity index is 208. The molecule has 1 atom stereocenters. The van der Waals surface area contributed by atoms with Gasteiger partial charge in [-0.2, -0.15) is 0 Å². The summed E-state index contributed by atoms with van der Waals surface area (Å²) in [6.07, 6.45) is 9.61. The summed E-state index contributed by atoms with van der Waals surface area (Å²) in [5.41, 5.74) is 0. The molecule has 1 unspecified atom stereocenters. The normalized spacial score (nSPS) is 30.1. The molecule has 2 saturated carbocycles. The van der Waals surface area contributed by atoms with Crippen molar-refractivity contribution in [2.24, 2.45) is 0 Å². The van der Waals surface area contributed by atoms with E-state index in [0.29, 0.717) is 11.8 Å². The summed E-state index contributed by atoms with van der Waals surface area (Å²) in [5.74, 6) is 0.491. The van der Waals surface area contributed by atoms with Crippen LogP contribution in [0, 0.1) is 0 Å². The van der Waals surface area contributed by atoms with Gasteiger partial charge in [-0.1, -0.05) is 19.3 Å². The largest absolute Gasteiger partial charge is 0.298 e. The van der Waals surface area contributed by atoms with E-state index in [9.17, 15) is 4.79 Å². The zero-order valence-electron chi connectivity index (χ0n) is 9.17. The van der Waals surface area contributed by atoms with Gasteiger partial charge in [0.05, 0.1) is 6.04 Å². The van der Waals surface area contributed by atoms with Crippen molar-refractivity contribution < 1.29 is 4.79 Å². The smallest absolute Gasteiger partial charge is 0.149 e. The van der Waals surface area contributed by atoms with E-state index in [1.165, 1.54) is 32.1 Å². The predicted octanol–water partition coefficient (Wildman–Crippen LogP) is 2.37. The van der Waals surface area contributed by atoms with Gasteiger partial charge < -0.3 is 0 Å². The summed E-state index contributed by atoms with van der Waals surface area (Å²) < 4.78 is 0. The van der Waals surface area contributed by atoms with Crippen LogP contribution in [0.1, 0.15) is 51.4 Å². The maximum absolute atomic E-state index is 11.8. The second kappa shape index (κ2) is 4.43. The van der Waals surface area contributed by atoms with Crippen LogP contribution in [0.3, 0.4) is 0 Å². The Morgan fingerprint density at radius 2 is 1.71 bits per heavy atom. The van der Waals surface area contributed by atoms with E-state index in [2.05, 4.69) is 11.9 Å². The molecule has 0 N–H and O–H groups in total. The number of ketones is 1. The second-order valence-corrected chi connectivity index (χ2v) is 4.83. The van der Waals surface area contributed by atoms with E-state index < -0.39 is 0 Å². The Labute approximate surface area is 86.7 Å². The lowest BCUT2D eigenvalue weighted by atomic mass is 9.92. The van der Waals surface area contributed by atoms with Crippen LogP contribution in [0.5, 0.6) is 0 Å². The molecule has 0 heterocycles. The molecule has 80 valence electrons. The number of Topliss-reactive ketones (excluding diaryl/α,β-unsaturated/α-hetero) is 1. The third-order valence-corrected chi connectivity index (χ3v) is 3.91. The summed E-state index contributed by atoms with van der Waals surface area (Å²) in [4.78, 5) is 14.1. The molecule has 0 aliphatic heterocycles. The van der Waals surface area contributed by atoms with Crippen molar-refractivity contribution in [3.05, 3.63) is 0 Å².